The van der Waals surface area contributed by atoms with Crippen LogP contribution in [0.25, 0.3) is 0 Å². The molecule has 4 atom stereocenters. The molecule has 0 radical (unpaired) electrons. The van der Waals surface area contributed by atoms with Crippen molar-refractivity contribution in [3.63, 3.8) is 0 Å². The lowest BCUT2D eigenvalue weighted by atomic mass is 10.0. The lowest BCUT2D eigenvalue weighted by Gasteiger charge is -2.29. The third kappa shape index (κ3) is 5.92. The van der Waals surface area contributed by atoms with Crippen molar-refractivity contribution in [1.29, 1.82) is 0 Å². The molecule has 0 spiro atoms. The second-order valence-electron chi connectivity index (χ2n) is 6.88. The summed E-state index contributed by atoms with van der Waals surface area (Å²) in [5.41, 5.74) is -0.322. The number of ether oxygens (including phenoxy) is 1. The summed E-state index contributed by atoms with van der Waals surface area (Å²) >= 11 is 0. The van der Waals surface area contributed by atoms with E-state index in [4.69, 9.17) is 9.29 Å². The third-order valence-electron chi connectivity index (χ3n) is 3.81. The van der Waals surface area contributed by atoms with E-state index in [1.807, 2.05) is 27.7 Å². The van der Waals surface area contributed by atoms with Gasteiger partial charge in [0.1, 0.15) is 0 Å². The Morgan fingerprint density at radius 3 is 2.29 bits per heavy atom. The van der Waals surface area contributed by atoms with Gasteiger partial charge in [0.05, 0.1) is 22.9 Å². The van der Waals surface area contributed by atoms with Crippen molar-refractivity contribution in [2.75, 3.05) is 0 Å². The fourth-order valence-electron chi connectivity index (χ4n) is 2.55. The van der Waals surface area contributed by atoms with E-state index in [9.17, 15) is 13.2 Å². The van der Waals surface area contributed by atoms with Crippen molar-refractivity contribution in [3.8, 4) is 0 Å². The van der Waals surface area contributed by atoms with Gasteiger partial charge in [-0.3, -0.25) is 9.35 Å². The highest BCUT2D eigenvalue weighted by atomic mass is 32.2. The van der Waals surface area contributed by atoms with Crippen LogP contribution in [0, 0.1) is 5.92 Å². The van der Waals surface area contributed by atoms with E-state index in [0.717, 1.165) is 0 Å². The number of carbonyl (C=O) groups is 1. The van der Waals surface area contributed by atoms with E-state index in [0.29, 0.717) is 12.8 Å². The summed E-state index contributed by atoms with van der Waals surface area (Å²) in [4.78, 5) is 12.2. The Morgan fingerprint density at radius 1 is 1.29 bits per heavy atom. The topological polar surface area (TPSA) is 92.7 Å². The fourth-order valence-corrected chi connectivity index (χ4v) is 3.46. The van der Waals surface area contributed by atoms with Crippen LogP contribution in [0.15, 0.2) is 0 Å². The zero-order chi connectivity index (χ0) is 16.4. The molecule has 0 aromatic heterocycles. The Labute approximate surface area is 127 Å². The molecule has 1 aliphatic carbocycles. The molecule has 2 N–H and O–H groups in total. The fraction of sp³-hybridized carbons (Fsp3) is 0.929. The van der Waals surface area contributed by atoms with Gasteiger partial charge in [-0.05, 0) is 47.0 Å². The van der Waals surface area contributed by atoms with Gasteiger partial charge in [0.25, 0.3) is 10.1 Å². The van der Waals surface area contributed by atoms with Gasteiger partial charge in [0, 0.05) is 6.04 Å². The van der Waals surface area contributed by atoms with E-state index in [2.05, 4.69) is 5.32 Å². The first-order valence-corrected chi connectivity index (χ1v) is 8.85. The van der Waals surface area contributed by atoms with E-state index in [1.54, 1.807) is 6.92 Å². The smallest absolute Gasteiger partial charge is 0.267 e. The Morgan fingerprint density at radius 2 is 1.86 bits per heavy atom. The molecule has 6 nitrogen and oxygen atoms in total. The predicted molar refractivity (Wildman–Crippen MR) is 80.6 cm³/mol. The van der Waals surface area contributed by atoms with Gasteiger partial charge < -0.3 is 10.1 Å². The van der Waals surface area contributed by atoms with Crippen LogP contribution in [-0.2, 0) is 19.6 Å². The zero-order valence-corrected chi connectivity index (χ0v) is 14.2. The van der Waals surface area contributed by atoms with Gasteiger partial charge in [-0.2, -0.15) is 8.42 Å². The number of amides is 1. The normalized spacial score (nSPS) is 26.4. The summed E-state index contributed by atoms with van der Waals surface area (Å²) in [6, 6.07) is -0.200. The van der Waals surface area contributed by atoms with E-state index >= 15 is 0 Å². The molecule has 1 aliphatic rings. The molecule has 7 heteroatoms. The molecule has 1 rings (SSSR count). The molecule has 2 unspecified atom stereocenters. The van der Waals surface area contributed by atoms with Crippen LogP contribution >= 0.6 is 0 Å². The molecule has 0 heterocycles. The largest absolute Gasteiger partial charge is 0.372 e. The van der Waals surface area contributed by atoms with Gasteiger partial charge in [-0.25, -0.2) is 0 Å². The molecular formula is C14H27NO5S. The van der Waals surface area contributed by atoms with E-state index in [1.165, 1.54) is 0 Å². The molecule has 0 aliphatic heterocycles. The molecule has 0 aromatic carbocycles. The Hall–Kier alpha value is -0.660. The monoisotopic (exact) mass is 321 g/mol. The maximum atomic E-state index is 12.2. The quantitative estimate of drug-likeness (QED) is 0.753. The number of nitrogens with one attached hydrogen (secondary N) is 1. The number of hydrogen-bond acceptors (Lipinski definition) is 4. The van der Waals surface area contributed by atoms with Crippen LogP contribution in [0.2, 0.25) is 0 Å². The van der Waals surface area contributed by atoms with Gasteiger partial charge >= 0.3 is 0 Å². The molecule has 0 aromatic rings. The minimum absolute atomic E-state index is 0.146. The molecule has 124 valence electrons. The first-order chi connectivity index (χ1) is 9.40. The molecule has 0 saturated heterocycles. The first-order valence-electron chi connectivity index (χ1n) is 7.34. The minimum Gasteiger partial charge on any atom is -0.372 e. The highest BCUT2D eigenvalue weighted by Crippen LogP contribution is 2.25. The standard InChI is InChI=1S/C14H27NO5S/c1-9(10(2)20-14(3,4)5)13(16)15-11-6-7-12(8-11)21(17,18)19/h9-12H,6-8H2,1-5H3,(H,15,16)(H,17,18,19)/t9-,10+,11?,12?/m0/s1. The van der Waals surface area contributed by atoms with Gasteiger partial charge in [-0.1, -0.05) is 6.92 Å². The average molecular weight is 321 g/mol. The molecule has 21 heavy (non-hydrogen) atoms. The second-order valence-corrected chi connectivity index (χ2v) is 8.58. The number of carbonyl (C=O) groups excluding carboxylic acids is 1. The SMILES string of the molecule is C[C@H](C(=O)NC1CCC(S(=O)(=O)O)C1)[C@@H](C)OC(C)(C)C. The van der Waals surface area contributed by atoms with Crippen LogP contribution in [0.3, 0.4) is 0 Å². The predicted octanol–water partition coefficient (Wildman–Crippen LogP) is 1.75. The average Bonchev–Trinajstić information content (AvgIpc) is 2.73. The number of rotatable bonds is 5. The van der Waals surface area contributed by atoms with Crippen LogP contribution in [0.4, 0.5) is 0 Å². The van der Waals surface area contributed by atoms with Crippen molar-refractivity contribution < 1.29 is 22.5 Å². The summed E-state index contributed by atoms with van der Waals surface area (Å²) in [6.07, 6.45) is 0.985. The second kappa shape index (κ2) is 6.62. The maximum absolute atomic E-state index is 12.2. The minimum atomic E-state index is -4.01. The zero-order valence-electron chi connectivity index (χ0n) is 13.4. The Kier molecular flexibility index (Phi) is 5.80. The summed E-state index contributed by atoms with van der Waals surface area (Å²) in [6.45, 7) is 9.44. The van der Waals surface area contributed by atoms with Crippen molar-refractivity contribution in [1.82, 2.24) is 5.32 Å². The molecule has 1 fully saturated rings. The highest BCUT2D eigenvalue weighted by Gasteiger charge is 2.35. The van der Waals surface area contributed by atoms with Crippen LogP contribution in [-0.4, -0.2) is 41.9 Å². The van der Waals surface area contributed by atoms with E-state index < -0.39 is 15.4 Å². The molecule has 1 saturated carbocycles. The van der Waals surface area contributed by atoms with Crippen LogP contribution < -0.4 is 5.32 Å². The van der Waals surface area contributed by atoms with Crippen molar-refractivity contribution in [2.24, 2.45) is 5.92 Å². The lowest BCUT2D eigenvalue weighted by Crippen LogP contribution is -2.42. The number of hydrogen-bond donors (Lipinski definition) is 2. The summed E-state index contributed by atoms with van der Waals surface area (Å²) in [5, 5.41) is 2.09. The lowest BCUT2D eigenvalue weighted by molar-refractivity contribution is -0.135. The first kappa shape index (κ1) is 18.4. The Balaban J connectivity index is 2.51. The van der Waals surface area contributed by atoms with Crippen molar-refractivity contribution in [3.05, 3.63) is 0 Å². The summed E-state index contributed by atoms with van der Waals surface area (Å²) < 4.78 is 37.0. The molecule has 0 bridgehead atoms. The summed E-state index contributed by atoms with van der Waals surface area (Å²) in [7, 11) is -4.01. The van der Waals surface area contributed by atoms with Crippen LogP contribution in [0.5, 0.6) is 0 Å². The summed E-state index contributed by atoms with van der Waals surface area (Å²) in [5.74, 6) is -0.471. The molecule has 1 amide bonds. The Bertz CT molecular complexity index is 468. The van der Waals surface area contributed by atoms with Gasteiger partial charge in [0.2, 0.25) is 5.91 Å². The van der Waals surface area contributed by atoms with Gasteiger partial charge in [-0.15, -0.1) is 0 Å². The maximum Gasteiger partial charge on any atom is 0.267 e. The molecular weight excluding hydrogens is 294 g/mol. The van der Waals surface area contributed by atoms with E-state index in [-0.39, 0.29) is 36.0 Å². The van der Waals surface area contributed by atoms with Crippen molar-refractivity contribution >= 4 is 16.0 Å². The van der Waals surface area contributed by atoms with Crippen molar-refractivity contribution in [2.45, 2.75) is 76.9 Å². The van der Waals surface area contributed by atoms with Crippen LogP contribution in [0.1, 0.15) is 53.9 Å². The van der Waals surface area contributed by atoms with Gasteiger partial charge in [0.15, 0.2) is 0 Å². The highest BCUT2D eigenvalue weighted by molar-refractivity contribution is 7.86. The third-order valence-corrected chi connectivity index (χ3v) is 5.08.